The topological polar surface area (TPSA) is 62.1 Å². The molecule has 0 saturated heterocycles. The summed E-state index contributed by atoms with van der Waals surface area (Å²) >= 11 is 0. The van der Waals surface area contributed by atoms with E-state index in [9.17, 15) is 4.79 Å². The molecule has 0 spiro atoms. The van der Waals surface area contributed by atoms with Crippen LogP contribution in [0.5, 0.6) is 0 Å². The number of carbonyl (C=O) groups is 1. The number of hydrogen-bond donors (Lipinski definition) is 2. The van der Waals surface area contributed by atoms with Crippen molar-refractivity contribution >= 4 is 29.2 Å². The van der Waals surface area contributed by atoms with Gasteiger partial charge < -0.3 is 15.6 Å². The summed E-state index contributed by atoms with van der Waals surface area (Å²) in [6.45, 7) is 7.04. The molecule has 0 unspecified atom stereocenters. The van der Waals surface area contributed by atoms with Gasteiger partial charge in [-0.1, -0.05) is 39.0 Å². The molecule has 2 aromatic rings. The number of aromatic nitrogens is 1. The Labute approximate surface area is 138 Å². The van der Waals surface area contributed by atoms with Gasteiger partial charge in [0.2, 0.25) is 5.91 Å². The lowest BCUT2D eigenvalue weighted by Gasteiger charge is -2.28. The zero-order valence-electron chi connectivity index (χ0n) is 13.7. The van der Waals surface area contributed by atoms with Crippen molar-refractivity contribution in [2.24, 2.45) is 11.1 Å². The Balaban J connectivity index is 0.00000242. The molecule has 0 radical (unpaired) electrons. The highest BCUT2D eigenvalue weighted by molar-refractivity contribution is 5.86. The van der Waals surface area contributed by atoms with Gasteiger partial charge in [0.1, 0.15) is 0 Å². The highest BCUT2D eigenvalue weighted by atomic mass is 35.5. The molecule has 5 heteroatoms. The van der Waals surface area contributed by atoms with Crippen LogP contribution in [0.25, 0.3) is 10.9 Å². The second-order valence-electron chi connectivity index (χ2n) is 6.93. The number of benzene rings is 1. The highest BCUT2D eigenvalue weighted by Gasteiger charge is 2.23. The Hall–Kier alpha value is -1.52. The van der Waals surface area contributed by atoms with Gasteiger partial charge in [0.05, 0.1) is 6.04 Å². The third-order valence-electron chi connectivity index (χ3n) is 3.52. The van der Waals surface area contributed by atoms with Crippen molar-refractivity contribution in [3.63, 3.8) is 0 Å². The molecule has 0 saturated carbocycles. The Morgan fingerprint density at radius 2 is 1.95 bits per heavy atom. The van der Waals surface area contributed by atoms with E-state index in [0.29, 0.717) is 13.0 Å². The summed E-state index contributed by atoms with van der Waals surface area (Å²) in [7, 11) is 1.82. The number of H-pyrrole nitrogens is 1. The first-order chi connectivity index (χ1) is 9.78. The van der Waals surface area contributed by atoms with Gasteiger partial charge in [-0.2, -0.15) is 0 Å². The van der Waals surface area contributed by atoms with Gasteiger partial charge in [0.15, 0.2) is 0 Å². The standard InChI is InChI=1S/C17H25N3O.ClH/c1-17(2,3)11-20(4)16(21)14(18)9-12-10-19-15-8-6-5-7-13(12)15;/h5-8,10,14,19H,9,11,18H2,1-4H3;1H/t14-;/m0./s1. The zero-order valence-corrected chi connectivity index (χ0v) is 14.5. The number of hydrogen-bond acceptors (Lipinski definition) is 2. The summed E-state index contributed by atoms with van der Waals surface area (Å²) in [5.41, 5.74) is 8.36. The molecule has 0 fully saturated rings. The highest BCUT2D eigenvalue weighted by Crippen LogP contribution is 2.20. The molecule has 1 heterocycles. The van der Waals surface area contributed by atoms with Crippen LogP contribution in [-0.4, -0.2) is 35.4 Å². The number of fused-ring (bicyclic) bond motifs is 1. The Bertz CT molecular complexity index is 630. The lowest BCUT2D eigenvalue weighted by atomic mass is 9.95. The minimum absolute atomic E-state index is 0. The first-order valence-electron chi connectivity index (χ1n) is 7.33. The maximum atomic E-state index is 12.4. The van der Waals surface area contributed by atoms with Crippen molar-refractivity contribution in [1.82, 2.24) is 9.88 Å². The number of aromatic amines is 1. The van der Waals surface area contributed by atoms with Crippen LogP contribution in [-0.2, 0) is 11.2 Å². The molecule has 0 aliphatic carbocycles. The van der Waals surface area contributed by atoms with E-state index in [2.05, 4.69) is 31.8 Å². The Kier molecular flexibility index (Phi) is 6.03. The van der Waals surface area contributed by atoms with Gasteiger partial charge in [-0.3, -0.25) is 4.79 Å². The SMILES string of the molecule is CN(CC(C)(C)C)C(=O)[C@@H](N)Cc1c[nH]c2ccccc12.Cl. The van der Waals surface area contributed by atoms with Crippen molar-refractivity contribution in [3.05, 3.63) is 36.0 Å². The molecule has 0 aliphatic rings. The van der Waals surface area contributed by atoms with E-state index < -0.39 is 6.04 Å². The Morgan fingerprint density at radius 1 is 1.32 bits per heavy atom. The van der Waals surface area contributed by atoms with Crippen LogP contribution < -0.4 is 5.73 Å². The molecule has 0 aliphatic heterocycles. The number of likely N-dealkylation sites (N-methyl/N-ethyl adjacent to an activating group) is 1. The second-order valence-corrected chi connectivity index (χ2v) is 6.93. The molecule has 4 nitrogen and oxygen atoms in total. The third-order valence-corrected chi connectivity index (χ3v) is 3.52. The van der Waals surface area contributed by atoms with Gasteiger partial charge in [-0.25, -0.2) is 0 Å². The number of amides is 1. The van der Waals surface area contributed by atoms with E-state index in [1.165, 1.54) is 0 Å². The van der Waals surface area contributed by atoms with Gasteiger partial charge in [0, 0.05) is 30.7 Å². The number of nitrogens with two attached hydrogens (primary N) is 1. The van der Waals surface area contributed by atoms with Crippen molar-refractivity contribution in [1.29, 1.82) is 0 Å². The molecular formula is C17H26ClN3O. The van der Waals surface area contributed by atoms with Crippen LogP contribution in [0.1, 0.15) is 26.3 Å². The average Bonchev–Trinajstić information content (AvgIpc) is 2.79. The summed E-state index contributed by atoms with van der Waals surface area (Å²) < 4.78 is 0. The first-order valence-corrected chi connectivity index (χ1v) is 7.33. The summed E-state index contributed by atoms with van der Waals surface area (Å²) in [4.78, 5) is 17.3. The van der Waals surface area contributed by atoms with Crippen LogP contribution in [0, 0.1) is 5.41 Å². The molecule has 1 aromatic carbocycles. The largest absolute Gasteiger partial charge is 0.361 e. The number of halogens is 1. The fraction of sp³-hybridized carbons (Fsp3) is 0.471. The van der Waals surface area contributed by atoms with Crippen molar-refractivity contribution in [2.75, 3.05) is 13.6 Å². The van der Waals surface area contributed by atoms with Gasteiger partial charge in [-0.15, -0.1) is 12.4 Å². The predicted molar refractivity (Wildman–Crippen MR) is 94.3 cm³/mol. The summed E-state index contributed by atoms with van der Waals surface area (Å²) in [5, 5.41) is 1.14. The van der Waals surface area contributed by atoms with Crippen LogP contribution in [0.2, 0.25) is 0 Å². The number of nitrogens with one attached hydrogen (secondary N) is 1. The van der Waals surface area contributed by atoms with Gasteiger partial charge in [0.25, 0.3) is 0 Å². The Morgan fingerprint density at radius 3 is 2.59 bits per heavy atom. The van der Waals surface area contributed by atoms with E-state index >= 15 is 0 Å². The van der Waals surface area contributed by atoms with Crippen molar-refractivity contribution < 1.29 is 4.79 Å². The minimum atomic E-state index is -0.503. The lowest BCUT2D eigenvalue weighted by molar-refractivity contribution is -0.132. The van der Waals surface area contributed by atoms with E-state index in [0.717, 1.165) is 16.5 Å². The van der Waals surface area contributed by atoms with E-state index in [1.54, 1.807) is 4.90 Å². The molecule has 0 bridgehead atoms. The smallest absolute Gasteiger partial charge is 0.239 e. The fourth-order valence-corrected chi connectivity index (χ4v) is 2.70. The lowest BCUT2D eigenvalue weighted by Crippen LogP contribution is -2.45. The van der Waals surface area contributed by atoms with E-state index in [4.69, 9.17) is 5.73 Å². The predicted octanol–water partition coefficient (Wildman–Crippen LogP) is 2.96. The monoisotopic (exact) mass is 323 g/mol. The van der Waals surface area contributed by atoms with Crippen LogP contribution in [0.4, 0.5) is 0 Å². The molecule has 1 aromatic heterocycles. The van der Waals surface area contributed by atoms with Gasteiger partial charge in [-0.05, 0) is 23.5 Å². The third kappa shape index (κ3) is 4.49. The van der Waals surface area contributed by atoms with E-state index in [-0.39, 0.29) is 23.7 Å². The molecule has 22 heavy (non-hydrogen) atoms. The average molecular weight is 324 g/mol. The number of nitrogens with zero attached hydrogens (tertiary/aromatic N) is 1. The minimum Gasteiger partial charge on any atom is -0.361 e. The van der Waals surface area contributed by atoms with Gasteiger partial charge >= 0.3 is 0 Å². The quantitative estimate of drug-likeness (QED) is 0.908. The summed E-state index contributed by atoms with van der Waals surface area (Å²) in [6, 6.07) is 7.56. The molecule has 1 atom stereocenters. The normalized spacial score (nSPS) is 12.8. The molecule has 122 valence electrons. The fourth-order valence-electron chi connectivity index (χ4n) is 2.70. The number of carbonyl (C=O) groups excluding carboxylic acids is 1. The van der Waals surface area contributed by atoms with Crippen molar-refractivity contribution in [3.8, 4) is 0 Å². The van der Waals surface area contributed by atoms with Crippen molar-refractivity contribution in [2.45, 2.75) is 33.2 Å². The second kappa shape index (κ2) is 7.16. The zero-order chi connectivity index (χ0) is 15.6. The molecule has 1 amide bonds. The van der Waals surface area contributed by atoms with Crippen LogP contribution in [0.15, 0.2) is 30.5 Å². The molecule has 2 rings (SSSR count). The van der Waals surface area contributed by atoms with Crippen LogP contribution >= 0.6 is 12.4 Å². The molecule has 3 N–H and O–H groups in total. The molecular weight excluding hydrogens is 298 g/mol. The van der Waals surface area contributed by atoms with Crippen LogP contribution in [0.3, 0.4) is 0 Å². The number of rotatable bonds is 4. The van der Waals surface area contributed by atoms with E-state index in [1.807, 2.05) is 31.4 Å². The number of para-hydroxylation sites is 1. The summed E-state index contributed by atoms with van der Waals surface area (Å²) in [5.74, 6) is -0.00444. The summed E-state index contributed by atoms with van der Waals surface area (Å²) in [6.07, 6.45) is 2.50. The first kappa shape index (κ1) is 18.5. The maximum Gasteiger partial charge on any atom is 0.239 e. The maximum absolute atomic E-state index is 12.4.